The number of hydrogen-bond donors (Lipinski definition) is 1. The molecule has 0 aliphatic carbocycles. The summed E-state index contributed by atoms with van der Waals surface area (Å²) in [4.78, 5) is 11.3. The van der Waals surface area contributed by atoms with Gasteiger partial charge < -0.3 is 5.11 Å². The van der Waals surface area contributed by atoms with Crippen LogP contribution in [0, 0.1) is 0 Å². The summed E-state index contributed by atoms with van der Waals surface area (Å²) >= 11 is 11.7. The largest absolute Gasteiger partial charge is 0.506 e. The summed E-state index contributed by atoms with van der Waals surface area (Å²) in [7, 11) is 0. The number of aromatic hydroxyl groups is 1. The molecule has 0 bridgehead atoms. The van der Waals surface area contributed by atoms with Gasteiger partial charge in [0.2, 0.25) is 5.91 Å². The van der Waals surface area contributed by atoms with Crippen LogP contribution in [0.2, 0.25) is 10.0 Å². The second-order valence-electron chi connectivity index (χ2n) is 3.19. The van der Waals surface area contributed by atoms with E-state index in [1.54, 1.807) is 6.07 Å². The van der Waals surface area contributed by atoms with Crippen LogP contribution < -0.4 is 0 Å². The number of aromatic nitrogens is 1. The summed E-state index contributed by atoms with van der Waals surface area (Å²) in [6.45, 7) is 1.40. The molecule has 78 valence electrons. The van der Waals surface area contributed by atoms with Crippen molar-refractivity contribution in [3.63, 3.8) is 0 Å². The van der Waals surface area contributed by atoms with Gasteiger partial charge in [0.15, 0.2) is 0 Å². The lowest BCUT2D eigenvalue weighted by Gasteiger charge is -2.00. The van der Waals surface area contributed by atoms with Crippen molar-refractivity contribution in [2.45, 2.75) is 6.92 Å². The summed E-state index contributed by atoms with van der Waals surface area (Å²) in [6.07, 6.45) is 1.33. The maximum absolute atomic E-state index is 11.3. The Bertz CT molecular complexity index is 560. The molecule has 5 heteroatoms. The van der Waals surface area contributed by atoms with Gasteiger partial charge in [-0.25, -0.2) is 0 Å². The molecule has 0 atom stereocenters. The molecule has 1 aromatic carbocycles. The molecule has 0 aliphatic heterocycles. The molecule has 0 unspecified atom stereocenters. The summed E-state index contributed by atoms with van der Waals surface area (Å²) < 4.78 is 1.31. The molecule has 0 spiro atoms. The zero-order chi connectivity index (χ0) is 11.2. The highest BCUT2D eigenvalue weighted by atomic mass is 35.5. The molecule has 0 amide bonds. The van der Waals surface area contributed by atoms with Crippen LogP contribution in [0.25, 0.3) is 10.9 Å². The molecule has 2 aromatic rings. The van der Waals surface area contributed by atoms with Crippen molar-refractivity contribution in [1.82, 2.24) is 4.57 Å². The fraction of sp³-hybridized carbons (Fsp3) is 0.100. The van der Waals surface area contributed by atoms with Crippen molar-refractivity contribution in [3.05, 3.63) is 28.4 Å². The minimum atomic E-state index is -0.210. The van der Waals surface area contributed by atoms with Gasteiger partial charge >= 0.3 is 0 Å². The number of carbonyl (C=O) groups excluding carboxylic acids is 1. The van der Waals surface area contributed by atoms with Gasteiger partial charge in [-0.05, 0) is 12.1 Å². The summed E-state index contributed by atoms with van der Waals surface area (Å²) in [5.41, 5.74) is 0.512. The van der Waals surface area contributed by atoms with Crippen molar-refractivity contribution >= 4 is 40.0 Å². The van der Waals surface area contributed by atoms with Crippen LogP contribution in [0.4, 0.5) is 0 Å². The third kappa shape index (κ3) is 1.58. The van der Waals surface area contributed by atoms with E-state index in [0.717, 1.165) is 0 Å². The zero-order valence-electron chi connectivity index (χ0n) is 7.79. The van der Waals surface area contributed by atoms with Crippen molar-refractivity contribution < 1.29 is 9.90 Å². The lowest BCUT2D eigenvalue weighted by Crippen LogP contribution is -2.02. The third-order valence-electron chi connectivity index (χ3n) is 2.14. The zero-order valence-corrected chi connectivity index (χ0v) is 9.30. The molecule has 1 heterocycles. The van der Waals surface area contributed by atoms with Crippen molar-refractivity contribution in [3.8, 4) is 5.75 Å². The average Bonchev–Trinajstić information content (AvgIpc) is 2.42. The highest BCUT2D eigenvalue weighted by Gasteiger charge is 2.14. The van der Waals surface area contributed by atoms with Crippen LogP contribution in [0.3, 0.4) is 0 Å². The van der Waals surface area contributed by atoms with E-state index in [1.807, 2.05) is 0 Å². The van der Waals surface area contributed by atoms with Crippen molar-refractivity contribution in [2.24, 2.45) is 0 Å². The first kappa shape index (κ1) is 10.3. The molecule has 0 saturated heterocycles. The molecule has 2 rings (SSSR count). The number of benzene rings is 1. The normalized spacial score (nSPS) is 10.9. The molecule has 0 saturated carbocycles. The van der Waals surface area contributed by atoms with Gasteiger partial charge in [0.05, 0.1) is 22.1 Å². The Morgan fingerprint density at radius 2 is 2.07 bits per heavy atom. The Kier molecular flexibility index (Phi) is 2.37. The van der Waals surface area contributed by atoms with Gasteiger partial charge in [0.25, 0.3) is 0 Å². The van der Waals surface area contributed by atoms with Gasteiger partial charge in [-0.1, -0.05) is 23.2 Å². The minimum absolute atomic E-state index is 0.0260. The number of hydrogen-bond acceptors (Lipinski definition) is 2. The maximum atomic E-state index is 11.3. The molecular weight excluding hydrogens is 237 g/mol. The van der Waals surface area contributed by atoms with Gasteiger partial charge in [-0.2, -0.15) is 0 Å². The topological polar surface area (TPSA) is 42.2 Å². The van der Waals surface area contributed by atoms with E-state index in [0.29, 0.717) is 20.9 Å². The number of nitrogens with zero attached hydrogens (tertiary/aromatic N) is 1. The Morgan fingerprint density at radius 1 is 1.40 bits per heavy atom. The number of rotatable bonds is 0. The summed E-state index contributed by atoms with van der Waals surface area (Å²) in [6, 6.07) is 3.11. The first-order chi connectivity index (χ1) is 7.00. The average molecular weight is 244 g/mol. The van der Waals surface area contributed by atoms with Crippen LogP contribution in [-0.4, -0.2) is 15.6 Å². The summed E-state index contributed by atoms with van der Waals surface area (Å²) in [5, 5.41) is 10.8. The number of fused-ring (bicyclic) bond motifs is 1. The molecule has 3 nitrogen and oxygen atoms in total. The molecule has 0 aliphatic rings. The van der Waals surface area contributed by atoms with E-state index >= 15 is 0 Å². The van der Waals surface area contributed by atoms with Gasteiger partial charge in [-0.15, -0.1) is 0 Å². The second kappa shape index (κ2) is 3.43. The number of halogens is 2. The Balaban J connectivity index is 2.93. The van der Waals surface area contributed by atoms with E-state index in [9.17, 15) is 9.90 Å². The first-order valence-electron chi connectivity index (χ1n) is 4.20. The van der Waals surface area contributed by atoms with Crippen LogP contribution >= 0.6 is 23.2 Å². The second-order valence-corrected chi connectivity index (χ2v) is 4.03. The van der Waals surface area contributed by atoms with Crippen molar-refractivity contribution in [2.75, 3.05) is 0 Å². The van der Waals surface area contributed by atoms with E-state index in [2.05, 4.69) is 0 Å². The molecule has 0 fully saturated rings. The smallest absolute Gasteiger partial charge is 0.228 e. The molecule has 1 N–H and O–H groups in total. The van der Waals surface area contributed by atoms with Crippen LogP contribution in [-0.2, 0) is 0 Å². The van der Waals surface area contributed by atoms with E-state index in [1.165, 1.54) is 23.8 Å². The van der Waals surface area contributed by atoms with E-state index < -0.39 is 0 Å². The lowest BCUT2D eigenvalue weighted by atomic mass is 10.2. The predicted molar refractivity (Wildman–Crippen MR) is 59.9 cm³/mol. The van der Waals surface area contributed by atoms with Crippen LogP contribution in [0.15, 0.2) is 18.3 Å². The monoisotopic (exact) mass is 243 g/mol. The molecule has 1 aromatic heterocycles. The summed E-state index contributed by atoms with van der Waals surface area (Å²) in [5.74, 6) is -0.236. The highest BCUT2D eigenvalue weighted by Crippen LogP contribution is 2.35. The molecule has 0 radical (unpaired) electrons. The van der Waals surface area contributed by atoms with Gasteiger partial charge in [0.1, 0.15) is 5.75 Å². The Labute approximate surface area is 95.8 Å². The molecular formula is C10H7Cl2NO2. The predicted octanol–water partition coefficient (Wildman–Crippen LogP) is 3.31. The molecule has 15 heavy (non-hydrogen) atoms. The van der Waals surface area contributed by atoms with E-state index in [-0.39, 0.29) is 11.7 Å². The fourth-order valence-corrected chi connectivity index (χ4v) is 2.10. The quantitative estimate of drug-likeness (QED) is 0.772. The number of carbonyl (C=O) groups is 1. The van der Waals surface area contributed by atoms with Crippen LogP contribution in [0.5, 0.6) is 5.75 Å². The maximum Gasteiger partial charge on any atom is 0.228 e. The van der Waals surface area contributed by atoms with Crippen molar-refractivity contribution in [1.29, 1.82) is 0 Å². The Morgan fingerprint density at radius 3 is 2.67 bits per heavy atom. The van der Waals surface area contributed by atoms with Gasteiger partial charge in [0, 0.05) is 11.9 Å². The highest BCUT2D eigenvalue weighted by molar-refractivity contribution is 6.39. The van der Waals surface area contributed by atoms with Crippen LogP contribution in [0.1, 0.15) is 11.7 Å². The first-order valence-corrected chi connectivity index (χ1v) is 4.96. The lowest BCUT2D eigenvalue weighted by molar-refractivity contribution is 0.0941. The standard InChI is InChI=1S/C10H7Cl2NO2/c1-5(14)13-4-9(15)10-7(12)2-6(11)3-8(10)13/h2-4,15H,1H3. The SMILES string of the molecule is CC(=O)n1cc(O)c2c(Cl)cc(Cl)cc21. The fourth-order valence-electron chi connectivity index (χ4n) is 1.52. The minimum Gasteiger partial charge on any atom is -0.506 e. The van der Waals surface area contributed by atoms with E-state index in [4.69, 9.17) is 23.2 Å². The Hall–Kier alpha value is -1.19. The third-order valence-corrected chi connectivity index (χ3v) is 2.66. The van der Waals surface area contributed by atoms with Gasteiger partial charge in [-0.3, -0.25) is 9.36 Å².